The fourth-order valence-electron chi connectivity index (χ4n) is 3.30. The maximum Gasteiger partial charge on any atom is 0.273 e. The van der Waals surface area contributed by atoms with Crippen LogP contribution < -0.4 is 0 Å². The Morgan fingerprint density at radius 3 is 2.88 bits per heavy atom. The molecule has 2 amide bonds. The normalized spacial score (nSPS) is 23.4. The van der Waals surface area contributed by atoms with Gasteiger partial charge < -0.3 is 14.5 Å². The minimum atomic E-state index is -0.131. The maximum absolute atomic E-state index is 12.5. The molecular weight excluding hydrogens is 326 g/mol. The number of amides is 2. The quantitative estimate of drug-likeness (QED) is 0.845. The van der Waals surface area contributed by atoms with E-state index in [1.165, 1.54) is 11.3 Å². The summed E-state index contributed by atoms with van der Waals surface area (Å²) in [5, 5.41) is 1.75. The Balaban J connectivity index is 1.52. The number of rotatable bonds is 3. The minimum Gasteiger partial charge on any atom is -0.364 e. The number of hydrogen-bond acceptors (Lipinski definition) is 5. The lowest BCUT2D eigenvalue weighted by Gasteiger charge is -2.36. The molecule has 24 heavy (non-hydrogen) atoms. The fourth-order valence-corrected chi connectivity index (χ4v) is 3.82. The molecule has 2 aliphatic heterocycles. The second kappa shape index (κ2) is 6.33. The van der Waals surface area contributed by atoms with E-state index in [0.29, 0.717) is 25.3 Å². The minimum absolute atomic E-state index is 0.0249. The van der Waals surface area contributed by atoms with Crippen LogP contribution in [0.2, 0.25) is 0 Å². The lowest BCUT2D eigenvalue weighted by atomic mass is 10.1. The van der Waals surface area contributed by atoms with Crippen molar-refractivity contribution < 1.29 is 14.3 Å². The molecule has 124 valence electrons. The van der Waals surface area contributed by atoms with Crippen molar-refractivity contribution in [3.05, 3.63) is 52.5 Å². The third-order valence-corrected chi connectivity index (χ3v) is 5.10. The molecule has 0 unspecified atom stereocenters. The predicted octanol–water partition coefficient (Wildman–Crippen LogP) is 1.40. The molecule has 7 heteroatoms. The van der Waals surface area contributed by atoms with Crippen molar-refractivity contribution in [2.24, 2.45) is 0 Å². The van der Waals surface area contributed by atoms with E-state index in [9.17, 15) is 9.59 Å². The van der Waals surface area contributed by atoms with Gasteiger partial charge in [-0.1, -0.05) is 30.3 Å². The number of nitrogens with zero attached hydrogens (tertiary/aromatic N) is 3. The van der Waals surface area contributed by atoms with E-state index in [4.69, 9.17) is 4.74 Å². The third kappa shape index (κ3) is 2.81. The molecule has 0 spiro atoms. The van der Waals surface area contributed by atoms with Crippen LogP contribution in [-0.2, 0) is 16.1 Å². The van der Waals surface area contributed by atoms with E-state index in [0.717, 1.165) is 5.56 Å². The summed E-state index contributed by atoms with van der Waals surface area (Å²) in [6.45, 7) is 1.61. The van der Waals surface area contributed by atoms with Gasteiger partial charge in [-0.25, -0.2) is 4.98 Å². The Kier molecular flexibility index (Phi) is 4.03. The second-order valence-electron chi connectivity index (χ2n) is 6.01. The molecule has 2 fully saturated rings. The molecule has 2 aliphatic rings. The van der Waals surface area contributed by atoms with E-state index in [-0.39, 0.29) is 30.6 Å². The molecule has 2 aromatic rings. The number of carbonyl (C=O) groups is 2. The molecule has 0 radical (unpaired) electrons. The molecule has 4 rings (SSSR count). The summed E-state index contributed by atoms with van der Waals surface area (Å²) >= 11 is 1.40. The van der Waals surface area contributed by atoms with Gasteiger partial charge in [-0.05, 0) is 5.56 Å². The Morgan fingerprint density at radius 2 is 2.12 bits per heavy atom. The summed E-state index contributed by atoms with van der Waals surface area (Å²) in [5.74, 6) is -0.121. The molecule has 1 aromatic heterocycles. The number of morpholine rings is 1. The molecule has 6 nitrogen and oxygen atoms in total. The Morgan fingerprint density at radius 1 is 1.29 bits per heavy atom. The van der Waals surface area contributed by atoms with Crippen LogP contribution in [0, 0.1) is 0 Å². The highest BCUT2D eigenvalue weighted by molar-refractivity contribution is 7.07. The van der Waals surface area contributed by atoms with Crippen molar-refractivity contribution in [2.75, 3.05) is 19.7 Å². The average molecular weight is 343 g/mol. The molecule has 1 aromatic carbocycles. The Labute approximate surface area is 143 Å². The van der Waals surface area contributed by atoms with Gasteiger partial charge in [0.25, 0.3) is 5.91 Å². The van der Waals surface area contributed by atoms with Crippen LogP contribution in [0.15, 0.2) is 41.2 Å². The summed E-state index contributed by atoms with van der Waals surface area (Å²) < 4.78 is 5.68. The number of benzene rings is 1. The zero-order valence-corrected chi connectivity index (χ0v) is 13.8. The molecule has 0 aliphatic carbocycles. The first kappa shape index (κ1) is 15.3. The van der Waals surface area contributed by atoms with E-state index in [1.807, 2.05) is 35.2 Å². The van der Waals surface area contributed by atoms with Crippen LogP contribution in [0.5, 0.6) is 0 Å². The lowest BCUT2D eigenvalue weighted by molar-refractivity contribution is -0.153. The van der Waals surface area contributed by atoms with Crippen LogP contribution in [0.4, 0.5) is 0 Å². The summed E-state index contributed by atoms with van der Waals surface area (Å²) in [4.78, 5) is 32.5. The molecule has 3 heterocycles. The van der Waals surface area contributed by atoms with Crippen LogP contribution in [0.1, 0.15) is 16.1 Å². The second-order valence-corrected chi connectivity index (χ2v) is 6.73. The van der Waals surface area contributed by atoms with Gasteiger partial charge in [-0.15, -0.1) is 11.3 Å². The van der Waals surface area contributed by atoms with Gasteiger partial charge in [-0.2, -0.15) is 0 Å². The first-order chi connectivity index (χ1) is 11.7. The largest absolute Gasteiger partial charge is 0.364 e. The molecule has 2 saturated heterocycles. The summed E-state index contributed by atoms with van der Waals surface area (Å²) in [6.07, 6.45) is -0.131. The summed E-state index contributed by atoms with van der Waals surface area (Å²) in [6, 6.07) is 9.79. The van der Waals surface area contributed by atoms with Gasteiger partial charge >= 0.3 is 0 Å². The number of hydrogen-bond donors (Lipinski definition) is 0. The SMILES string of the molecule is O=C(c1cscn1)N1C[C@@H]2[C@@H](C1)OCC(=O)N2Cc1ccccc1. The van der Waals surface area contributed by atoms with Crippen molar-refractivity contribution in [1.82, 2.24) is 14.8 Å². The number of aromatic nitrogens is 1. The fraction of sp³-hybridized carbons (Fsp3) is 0.353. The van der Waals surface area contributed by atoms with Crippen LogP contribution >= 0.6 is 11.3 Å². The zero-order valence-electron chi connectivity index (χ0n) is 13.0. The predicted molar refractivity (Wildman–Crippen MR) is 88.5 cm³/mol. The first-order valence-electron chi connectivity index (χ1n) is 7.85. The molecular formula is C17H17N3O3S. The highest BCUT2D eigenvalue weighted by Gasteiger charge is 2.44. The summed E-state index contributed by atoms with van der Waals surface area (Å²) in [5.41, 5.74) is 3.19. The number of ether oxygens (including phenoxy) is 1. The van der Waals surface area contributed by atoms with Crippen molar-refractivity contribution in [3.63, 3.8) is 0 Å². The number of likely N-dealkylation sites (tertiary alicyclic amines) is 1. The van der Waals surface area contributed by atoms with Crippen molar-refractivity contribution >= 4 is 23.2 Å². The van der Waals surface area contributed by atoms with Gasteiger partial charge in [0.15, 0.2) is 0 Å². The van der Waals surface area contributed by atoms with E-state index in [1.54, 1.807) is 15.8 Å². The molecule has 0 saturated carbocycles. The van der Waals surface area contributed by atoms with Gasteiger partial charge in [0, 0.05) is 25.0 Å². The maximum atomic E-state index is 12.5. The Hall–Kier alpha value is -2.25. The smallest absolute Gasteiger partial charge is 0.273 e. The molecule has 0 N–H and O–H groups in total. The Bertz CT molecular complexity index is 735. The highest BCUT2D eigenvalue weighted by Crippen LogP contribution is 2.26. The number of fused-ring (bicyclic) bond motifs is 1. The highest BCUT2D eigenvalue weighted by atomic mass is 32.1. The van der Waals surface area contributed by atoms with Crippen LogP contribution in [0.3, 0.4) is 0 Å². The van der Waals surface area contributed by atoms with E-state index >= 15 is 0 Å². The van der Waals surface area contributed by atoms with Crippen LogP contribution in [-0.4, -0.2) is 58.4 Å². The first-order valence-corrected chi connectivity index (χ1v) is 8.79. The molecule has 0 bridgehead atoms. The summed E-state index contributed by atoms with van der Waals surface area (Å²) in [7, 11) is 0. The monoisotopic (exact) mass is 343 g/mol. The van der Waals surface area contributed by atoms with Gasteiger partial charge in [0.05, 0.1) is 17.7 Å². The van der Waals surface area contributed by atoms with Crippen molar-refractivity contribution in [3.8, 4) is 0 Å². The van der Waals surface area contributed by atoms with Crippen molar-refractivity contribution in [1.29, 1.82) is 0 Å². The number of thiazole rings is 1. The van der Waals surface area contributed by atoms with Crippen LogP contribution in [0.25, 0.3) is 0 Å². The topological polar surface area (TPSA) is 62.7 Å². The van der Waals surface area contributed by atoms with E-state index < -0.39 is 0 Å². The average Bonchev–Trinajstić information content (AvgIpc) is 3.27. The van der Waals surface area contributed by atoms with Crippen molar-refractivity contribution in [2.45, 2.75) is 18.7 Å². The zero-order chi connectivity index (χ0) is 16.5. The number of carbonyl (C=O) groups excluding carboxylic acids is 2. The molecule has 2 atom stereocenters. The third-order valence-electron chi connectivity index (χ3n) is 4.51. The lowest BCUT2D eigenvalue weighted by Crippen LogP contribution is -2.53. The van der Waals surface area contributed by atoms with Gasteiger partial charge in [0.2, 0.25) is 5.91 Å². The standard InChI is InChI=1S/C17H17N3O3S/c21-16-9-23-15-8-19(17(22)13-10-24-11-18-13)7-14(15)20(16)6-12-4-2-1-3-5-12/h1-5,10-11,14-15H,6-9H2/t14-,15-/m1/s1. The van der Waals surface area contributed by atoms with Gasteiger partial charge in [0.1, 0.15) is 12.3 Å². The van der Waals surface area contributed by atoms with E-state index in [2.05, 4.69) is 4.98 Å². The van der Waals surface area contributed by atoms with Gasteiger partial charge in [-0.3, -0.25) is 9.59 Å².